The van der Waals surface area contributed by atoms with E-state index in [-0.39, 0.29) is 5.56 Å². The molecule has 0 unspecified atom stereocenters. The number of H-pyrrole nitrogens is 1. The fourth-order valence-corrected chi connectivity index (χ4v) is 1.91. The van der Waals surface area contributed by atoms with Gasteiger partial charge in [-0.1, -0.05) is 0 Å². The van der Waals surface area contributed by atoms with Crippen LogP contribution in [-0.4, -0.2) is 25.8 Å². The van der Waals surface area contributed by atoms with Crippen molar-refractivity contribution in [3.63, 3.8) is 0 Å². The molecule has 0 radical (unpaired) electrons. The summed E-state index contributed by atoms with van der Waals surface area (Å²) < 4.78 is 1.71. The smallest absolute Gasteiger partial charge is 0.336 e. The number of pyridine rings is 1. The summed E-state index contributed by atoms with van der Waals surface area (Å²) in [5.74, 6) is -0.462. The maximum absolute atomic E-state index is 11.3. The fourth-order valence-electron chi connectivity index (χ4n) is 1.91. The van der Waals surface area contributed by atoms with Gasteiger partial charge in [-0.25, -0.2) is 4.79 Å². The van der Waals surface area contributed by atoms with Crippen molar-refractivity contribution in [2.24, 2.45) is 5.92 Å². The number of hydrogen-bond acceptors (Lipinski definition) is 3. The van der Waals surface area contributed by atoms with Crippen molar-refractivity contribution in [3.05, 3.63) is 28.2 Å². The first kappa shape index (κ1) is 10.1. The number of rotatable bonds is 3. The molecule has 1 saturated carbocycles. The highest BCUT2D eigenvalue weighted by Gasteiger charge is 2.23. The molecule has 0 aromatic carbocycles. The van der Waals surface area contributed by atoms with E-state index in [2.05, 4.69) is 10.1 Å². The van der Waals surface area contributed by atoms with Crippen LogP contribution in [0.5, 0.6) is 0 Å². The summed E-state index contributed by atoms with van der Waals surface area (Å²) in [6.07, 6.45) is 4.07. The van der Waals surface area contributed by atoms with Crippen LogP contribution >= 0.6 is 0 Å². The monoisotopic (exact) mass is 233 g/mol. The Morgan fingerprint density at radius 1 is 1.59 bits per heavy atom. The van der Waals surface area contributed by atoms with Gasteiger partial charge in [-0.05, 0) is 18.8 Å². The average Bonchev–Trinajstić information content (AvgIpc) is 2.95. The summed E-state index contributed by atoms with van der Waals surface area (Å²) in [4.78, 5) is 24.9. The molecule has 2 aromatic rings. The van der Waals surface area contributed by atoms with Gasteiger partial charge in [-0.2, -0.15) is 5.10 Å². The molecular weight excluding hydrogens is 222 g/mol. The molecule has 17 heavy (non-hydrogen) atoms. The van der Waals surface area contributed by atoms with Crippen LogP contribution in [-0.2, 0) is 6.54 Å². The normalized spacial score (nSPS) is 15.3. The number of nitrogens with one attached hydrogen (secondary N) is 1. The topological polar surface area (TPSA) is 88.0 Å². The molecule has 0 aliphatic heterocycles. The first-order valence-electron chi connectivity index (χ1n) is 5.47. The minimum atomic E-state index is -1.10. The predicted molar refractivity (Wildman–Crippen MR) is 60.0 cm³/mol. The van der Waals surface area contributed by atoms with E-state index >= 15 is 0 Å². The van der Waals surface area contributed by atoms with Gasteiger partial charge in [0.05, 0.1) is 10.9 Å². The lowest BCUT2D eigenvalue weighted by molar-refractivity contribution is 0.0699. The van der Waals surface area contributed by atoms with Gasteiger partial charge in [-0.3, -0.25) is 9.48 Å². The zero-order chi connectivity index (χ0) is 12.0. The lowest BCUT2D eigenvalue weighted by atomic mass is 10.2. The van der Waals surface area contributed by atoms with Gasteiger partial charge in [0.2, 0.25) is 5.56 Å². The maximum atomic E-state index is 11.3. The van der Waals surface area contributed by atoms with Crippen LogP contribution in [0.25, 0.3) is 11.0 Å². The molecule has 6 nitrogen and oxygen atoms in total. The summed E-state index contributed by atoms with van der Waals surface area (Å²) in [5.41, 5.74) is -0.0899. The SMILES string of the molecule is O=C(O)c1cc(=O)[nH]c2nn(CC3CC3)cc12. The van der Waals surface area contributed by atoms with Crippen molar-refractivity contribution >= 4 is 17.0 Å². The summed E-state index contributed by atoms with van der Waals surface area (Å²) in [5, 5.41) is 13.7. The van der Waals surface area contributed by atoms with Crippen molar-refractivity contribution < 1.29 is 9.90 Å². The second kappa shape index (κ2) is 3.44. The minimum absolute atomic E-state index is 0.00537. The van der Waals surface area contributed by atoms with Gasteiger partial charge in [0, 0.05) is 18.8 Å². The highest BCUT2D eigenvalue weighted by molar-refractivity contribution is 6.01. The summed E-state index contributed by atoms with van der Waals surface area (Å²) in [7, 11) is 0. The van der Waals surface area contributed by atoms with Gasteiger partial charge in [0.25, 0.3) is 0 Å². The molecule has 2 heterocycles. The van der Waals surface area contributed by atoms with E-state index in [4.69, 9.17) is 5.11 Å². The fraction of sp³-hybridized carbons (Fsp3) is 0.364. The molecule has 1 aliphatic rings. The second-order valence-corrected chi connectivity index (χ2v) is 4.41. The molecular formula is C11H11N3O3. The number of hydrogen-bond donors (Lipinski definition) is 2. The van der Waals surface area contributed by atoms with E-state index in [1.807, 2.05) is 0 Å². The maximum Gasteiger partial charge on any atom is 0.336 e. The number of aromatic amines is 1. The third-order valence-electron chi connectivity index (χ3n) is 2.94. The first-order chi connectivity index (χ1) is 8.13. The minimum Gasteiger partial charge on any atom is -0.478 e. The van der Waals surface area contributed by atoms with E-state index in [0.29, 0.717) is 17.0 Å². The molecule has 6 heteroatoms. The number of carboxylic acid groups (broad SMARTS) is 1. The van der Waals surface area contributed by atoms with Crippen molar-refractivity contribution in [1.29, 1.82) is 0 Å². The lowest BCUT2D eigenvalue weighted by Crippen LogP contribution is -2.09. The van der Waals surface area contributed by atoms with Crippen molar-refractivity contribution in [1.82, 2.24) is 14.8 Å². The molecule has 0 amide bonds. The third-order valence-corrected chi connectivity index (χ3v) is 2.94. The Hall–Kier alpha value is -2.11. The van der Waals surface area contributed by atoms with E-state index in [1.165, 1.54) is 12.8 Å². The standard InChI is InChI=1S/C11H11N3O3/c15-9-3-7(11(16)17)8-5-14(4-6-1-2-6)13-10(8)12-9/h3,5-6H,1-2,4H2,(H,16,17)(H,12,13,15). The first-order valence-corrected chi connectivity index (χ1v) is 5.47. The van der Waals surface area contributed by atoms with E-state index in [9.17, 15) is 9.59 Å². The Balaban J connectivity index is 2.15. The third kappa shape index (κ3) is 1.82. The van der Waals surface area contributed by atoms with Crippen LogP contribution in [0.2, 0.25) is 0 Å². The molecule has 1 fully saturated rings. The number of carbonyl (C=O) groups is 1. The molecule has 2 aromatic heterocycles. The number of carboxylic acids is 1. The average molecular weight is 233 g/mol. The van der Waals surface area contributed by atoms with Gasteiger partial charge in [0.15, 0.2) is 5.65 Å². The van der Waals surface area contributed by atoms with Gasteiger partial charge < -0.3 is 10.1 Å². The summed E-state index contributed by atoms with van der Waals surface area (Å²) in [6.45, 7) is 0.787. The number of aromatic carboxylic acids is 1. The van der Waals surface area contributed by atoms with Crippen LogP contribution < -0.4 is 5.56 Å². The van der Waals surface area contributed by atoms with Gasteiger partial charge in [0.1, 0.15) is 0 Å². The summed E-state index contributed by atoms with van der Waals surface area (Å²) >= 11 is 0. The second-order valence-electron chi connectivity index (χ2n) is 4.41. The molecule has 0 saturated heterocycles. The van der Waals surface area contributed by atoms with Crippen LogP contribution in [0.3, 0.4) is 0 Å². The zero-order valence-corrected chi connectivity index (χ0v) is 9.01. The highest BCUT2D eigenvalue weighted by Crippen LogP contribution is 2.30. The van der Waals surface area contributed by atoms with Crippen molar-refractivity contribution in [3.8, 4) is 0 Å². The Morgan fingerprint density at radius 2 is 2.35 bits per heavy atom. The van der Waals surface area contributed by atoms with E-state index in [1.54, 1.807) is 10.9 Å². The summed E-state index contributed by atoms with van der Waals surface area (Å²) in [6, 6.07) is 1.09. The molecule has 3 rings (SSSR count). The molecule has 2 N–H and O–H groups in total. The Kier molecular flexibility index (Phi) is 2.04. The number of nitrogens with zero attached hydrogens (tertiary/aromatic N) is 2. The quantitative estimate of drug-likeness (QED) is 0.822. The lowest BCUT2D eigenvalue weighted by Gasteiger charge is -1.95. The Bertz CT molecular complexity index is 652. The van der Waals surface area contributed by atoms with Crippen molar-refractivity contribution in [2.45, 2.75) is 19.4 Å². The van der Waals surface area contributed by atoms with Gasteiger partial charge in [-0.15, -0.1) is 0 Å². The Morgan fingerprint density at radius 3 is 3.00 bits per heavy atom. The van der Waals surface area contributed by atoms with Crippen LogP contribution in [0.4, 0.5) is 0 Å². The molecule has 0 atom stereocenters. The molecule has 0 spiro atoms. The molecule has 1 aliphatic carbocycles. The van der Waals surface area contributed by atoms with E-state index in [0.717, 1.165) is 12.6 Å². The molecule has 0 bridgehead atoms. The molecule has 88 valence electrons. The number of aromatic nitrogens is 3. The van der Waals surface area contributed by atoms with Crippen LogP contribution in [0, 0.1) is 5.92 Å². The Labute approximate surface area is 95.9 Å². The zero-order valence-electron chi connectivity index (χ0n) is 9.01. The van der Waals surface area contributed by atoms with Crippen LogP contribution in [0.15, 0.2) is 17.1 Å². The largest absolute Gasteiger partial charge is 0.478 e. The van der Waals surface area contributed by atoms with E-state index < -0.39 is 11.5 Å². The van der Waals surface area contributed by atoms with Crippen molar-refractivity contribution in [2.75, 3.05) is 0 Å². The predicted octanol–water partition coefficient (Wildman–Crippen LogP) is 0.833. The van der Waals surface area contributed by atoms with Crippen LogP contribution in [0.1, 0.15) is 23.2 Å². The number of fused-ring (bicyclic) bond motifs is 1. The van der Waals surface area contributed by atoms with Gasteiger partial charge >= 0.3 is 5.97 Å². The highest BCUT2D eigenvalue weighted by atomic mass is 16.4.